The van der Waals surface area contributed by atoms with Crippen molar-refractivity contribution in [1.82, 2.24) is 9.97 Å². The molecule has 40 heavy (non-hydrogen) atoms. The Kier molecular flexibility index (Phi) is 4.36. The molecular formula is C38H22N2. The highest BCUT2D eigenvalue weighted by Crippen LogP contribution is 2.43. The second-order valence-electron chi connectivity index (χ2n) is 10.6. The zero-order valence-corrected chi connectivity index (χ0v) is 21.6. The summed E-state index contributed by atoms with van der Waals surface area (Å²) in [6.07, 6.45) is 3.71. The highest BCUT2D eigenvalue weighted by molar-refractivity contribution is 6.33. The van der Waals surface area contributed by atoms with Crippen LogP contribution >= 0.6 is 0 Å². The molecule has 2 heteroatoms. The van der Waals surface area contributed by atoms with Crippen LogP contribution in [0.5, 0.6) is 0 Å². The minimum atomic E-state index is 0.938. The molecule has 0 bridgehead atoms. The fourth-order valence-corrected chi connectivity index (χ4v) is 6.76. The molecule has 0 radical (unpaired) electrons. The average molecular weight is 507 g/mol. The summed E-state index contributed by atoms with van der Waals surface area (Å²) in [7, 11) is 0. The molecule has 184 valence electrons. The summed E-state index contributed by atoms with van der Waals surface area (Å²) in [5.74, 6) is 0. The number of hydrogen-bond acceptors (Lipinski definition) is 2. The number of pyridine rings is 2. The molecule has 2 aromatic heterocycles. The van der Waals surface area contributed by atoms with E-state index in [2.05, 4.69) is 114 Å². The van der Waals surface area contributed by atoms with Crippen LogP contribution in [0.25, 0.3) is 86.8 Å². The zero-order chi connectivity index (χ0) is 26.2. The lowest BCUT2D eigenvalue weighted by Crippen LogP contribution is -1.90. The Morgan fingerprint density at radius 2 is 0.925 bits per heavy atom. The predicted octanol–water partition coefficient (Wildman–Crippen LogP) is 10.2. The third kappa shape index (κ3) is 2.93. The first-order valence-corrected chi connectivity index (χ1v) is 13.7. The largest absolute Gasteiger partial charge is 0.254 e. The van der Waals surface area contributed by atoms with Gasteiger partial charge in [-0.1, -0.05) is 91.0 Å². The minimum absolute atomic E-state index is 0.938. The second kappa shape index (κ2) is 8.08. The van der Waals surface area contributed by atoms with Gasteiger partial charge in [-0.25, -0.2) is 0 Å². The lowest BCUT2D eigenvalue weighted by Gasteiger charge is -2.16. The third-order valence-corrected chi connectivity index (χ3v) is 8.45. The summed E-state index contributed by atoms with van der Waals surface area (Å²) in [4.78, 5) is 9.46. The van der Waals surface area contributed by atoms with Crippen LogP contribution in [0.1, 0.15) is 0 Å². The first-order chi connectivity index (χ1) is 19.8. The Labute approximate surface area is 230 Å². The number of aromatic nitrogens is 2. The minimum Gasteiger partial charge on any atom is -0.254 e. The molecule has 0 aliphatic carbocycles. The summed E-state index contributed by atoms with van der Waals surface area (Å²) in [5.41, 5.74) is 4.24. The maximum absolute atomic E-state index is 4.78. The van der Waals surface area contributed by atoms with Crippen molar-refractivity contribution >= 4 is 75.7 Å². The van der Waals surface area contributed by atoms with E-state index in [1.165, 1.54) is 65.0 Å². The molecule has 0 fully saturated rings. The standard InChI is InChI=1S/C38H22N2/c1-3-12-29-27(10-1)28-11-2-4-13-30(28)34-22-26(20-24-17-16-23-8-5-14-31(29)35(23)36(24)34)33-21-25-9-6-18-39-37(25)38-32(33)15-7-19-40-38/h1-22H. The van der Waals surface area contributed by atoms with Gasteiger partial charge in [0, 0.05) is 23.2 Å². The molecule has 0 atom stereocenters. The normalized spacial score (nSPS) is 12.0. The van der Waals surface area contributed by atoms with Crippen LogP contribution in [-0.2, 0) is 0 Å². The van der Waals surface area contributed by atoms with Crippen LogP contribution in [0, 0.1) is 0 Å². The Morgan fingerprint density at radius 1 is 0.350 bits per heavy atom. The number of nitrogens with zero attached hydrogens (tertiary/aromatic N) is 2. The molecule has 7 aromatic carbocycles. The van der Waals surface area contributed by atoms with Crippen LogP contribution in [0.15, 0.2) is 134 Å². The van der Waals surface area contributed by atoms with Gasteiger partial charge in [0.25, 0.3) is 0 Å². The van der Waals surface area contributed by atoms with Crippen molar-refractivity contribution in [2.24, 2.45) is 0 Å². The molecule has 0 saturated carbocycles. The van der Waals surface area contributed by atoms with E-state index in [1.807, 2.05) is 24.5 Å². The lowest BCUT2D eigenvalue weighted by atomic mass is 9.88. The molecule has 9 aromatic rings. The fraction of sp³-hybridized carbons (Fsp3) is 0. The molecular weight excluding hydrogens is 484 g/mol. The monoisotopic (exact) mass is 506 g/mol. The summed E-state index contributed by atoms with van der Waals surface area (Å²) in [6, 6.07) is 44.3. The summed E-state index contributed by atoms with van der Waals surface area (Å²) in [5, 5.41) is 15.0. The summed E-state index contributed by atoms with van der Waals surface area (Å²) >= 11 is 0. The van der Waals surface area contributed by atoms with Gasteiger partial charge in [0.1, 0.15) is 0 Å². The molecule has 0 N–H and O–H groups in total. The van der Waals surface area contributed by atoms with E-state index in [9.17, 15) is 0 Å². The molecule has 9 rings (SSSR count). The first-order valence-electron chi connectivity index (χ1n) is 13.7. The maximum atomic E-state index is 4.78. The molecule has 0 aliphatic heterocycles. The van der Waals surface area contributed by atoms with E-state index in [1.54, 1.807) is 0 Å². The van der Waals surface area contributed by atoms with Crippen molar-refractivity contribution in [2.75, 3.05) is 0 Å². The van der Waals surface area contributed by atoms with Crippen LogP contribution in [0.2, 0.25) is 0 Å². The Morgan fingerprint density at radius 3 is 1.73 bits per heavy atom. The number of benzene rings is 6. The number of rotatable bonds is 1. The van der Waals surface area contributed by atoms with Crippen molar-refractivity contribution < 1.29 is 0 Å². The van der Waals surface area contributed by atoms with Gasteiger partial charge in [-0.2, -0.15) is 0 Å². The van der Waals surface area contributed by atoms with Gasteiger partial charge in [-0.15, -0.1) is 0 Å². The maximum Gasteiger partial charge on any atom is 0.0970 e. The summed E-state index contributed by atoms with van der Waals surface area (Å²) < 4.78 is 0. The highest BCUT2D eigenvalue weighted by Gasteiger charge is 2.16. The smallest absolute Gasteiger partial charge is 0.0970 e. The SMILES string of the molecule is c1cnc2c(c1)cc(-c1cc3ccc4cccc5c6ccccc6c6ccccc6c(c1)c3c45)c1cccnc12. The van der Waals surface area contributed by atoms with Gasteiger partial charge < -0.3 is 0 Å². The summed E-state index contributed by atoms with van der Waals surface area (Å²) in [6.45, 7) is 0. The highest BCUT2D eigenvalue weighted by atomic mass is 14.7. The predicted molar refractivity (Wildman–Crippen MR) is 170 cm³/mol. The van der Waals surface area contributed by atoms with Crippen molar-refractivity contribution in [3.63, 3.8) is 0 Å². The van der Waals surface area contributed by atoms with E-state index < -0.39 is 0 Å². The van der Waals surface area contributed by atoms with Gasteiger partial charge in [0.05, 0.1) is 11.0 Å². The topological polar surface area (TPSA) is 25.8 Å². The van der Waals surface area contributed by atoms with Crippen LogP contribution in [-0.4, -0.2) is 9.97 Å². The third-order valence-electron chi connectivity index (χ3n) is 8.45. The molecule has 0 aliphatic rings. The number of hydrogen-bond donors (Lipinski definition) is 0. The van der Waals surface area contributed by atoms with Gasteiger partial charge in [0.2, 0.25) is 0 Å². The second-order valence-corrected chi connectivity index (χ2v) is 10.6. The van der Waals surface area contributed by atoms with Crippen LogP contribution in [0.3, 0.4) is 0 Å². The molecule has 0 amide bonds. The quantitative estimate of drug-likeness (QED) is 0.207. The van der Waals surface area contributed by atoms with Gasteiger partial charge in [-0.3, -0.25) is 9.97 Å². The molecule has 0 spiro atoms. The van der Waals surface area contributed by atoms with Gasteiger partial charge in [0.15, 0.2) is 0 Å². The average Bonchev–Trinajstić information content (AvgIpc) is 3.03. The van der Waals surface area contributed by atoms with Crippen LogP contribution < -0.4 is 0 Å². The molecule has 0 saturated heterocycles. The van der Waals surface area contributed by atoms with Gasteiger partial charge in [-0.05, 0) is 95.3 Å². The number of fused-ring (bicyclic) bond motifs is 8. The van der Waals surface area contributed by atoms with Crippen molar-refractivity contribution in [2.45, 2.75) is 0 Å². The van der Waals surface area contributed by atoms with E-state index in [0.29, 0.717) is 0 Å². The van der Waals surface area contributed by atoms with Crippen molar-refractivity contribution in [1.29, 1.82) is 0 Å². The van der Waals surface area contributed by atoms with E-state index >= 15 is 0 Å². The zero-order valence-electron chi connectivity index (χ0n) is 21.6. The first kappa shape index (κ1) is 21.6. The molecule has 2 heterocycles. The van der Waals surface area contributed by atoms with Crippen LogP contribution in [0.4, 0.5) is 0 Å². The van der Waals surface area contributed by atoms with Crippen molar-refractivity contribution in [3.05, 3.63) is 134 Å². The Balaban J connectivity index is 1.55. The van der Waals surface area contributed by atoms with Crippen molar-refractivity contribution in [3.8, 4) is 11.1 Å². The Bertz CT molecular complexity index is 2490. The lowest BCUT2D eigenvalue weighted by molar-refractivity contribution is 1.37. The van der Waals surface area contributed by atoms with E-state index in [-0.39, 0.29) is 0 Å². The van der Waals surface area contributed by atoms with E-state index in [0.717, 1.165) is 21.8 Å². The molecule has 0 unspecified atom stereocenters. The molecule has 2 nitrogen and oxygen atoms in total. The van der Waals surface area contributed by atoms with E-state index in [4.69, 9.17) is 4.98 Å². The Hall–Kier alpha value is -5.34. The fourth-order valence-electron chi connectivity index (χ4n) is 6.76. The van der Waals surface area contributed by atoms with Gasteiger partial charge >= 0.3 is 0 Å².